The summed E-state index contributed by atoms with van der Waals surface area (Å²) in [4.78, 5) is 15.2. The van der Waals surface area contributed by atoms with E-state index in [4.69, 9.17) is 9.47 Å². The Morgan fingerprint density at radius 2 is 2.00 bits per heavy atom. The Bertz CT molecular complexity index is 792. The fraction of sp³-hybridized carbons (Fsp3) is 0.435. The molecule has 0 radical (unpaired) electrons. The highest BCUT2D eigenvalue weighted by Gasteiger charge is 2.43. The van der Waals surface area contributed by atoms with Gasteiger partial charge < -0.3 is 14.6 Å². The van der Waals surface area contributed by atoms with E-state index < -0.39 is 5.41 Å². The van der Waals surface area contributed by atoms with Crippen molar-refractivity contribution in [3.63, 3.8) is 0 Å². The lowest BCUT2D eigenvalue weighted by Crippen LogP contribution is -2.49. The van der Waals surface area contributed by atoms with Crippen molar-refractivity contribution >= 4 is 5.97 Å². The first-order valence-electron chi connectivity index (χ1n) is 9.86. The predicted molar refractivity (Wildman–Crippen MR) is 108 cm³/mol. The standard InChI is InChI=1S/C23H29NO4/c1-3-28-22(26)23(15-18-8-5-4-6-9-18)12-7-13-24(17-23)16-19-14-20(27-2)10-11-21(19)25/h4-6,8-11,14,25H,3,7,12-13,15-17H2,1-2H3. The van der Waals surface area contributed by atoms with Crippen molar-refractivity contribution in [3.05, 3.63) is 59.7 Å². The summed E-state index contributed by atoms with van der Waals surface area (Å²) >= 11 is 0. The van der Waals surface area contributed by atoms with Gasteiger partial charge in [0.2, 0.25) is 0 Å². The second kappa shape index (κ2) is 9.11. The van der Waals surface area contributed by atoms with Gasteiger partial charge in [0.25, 0.3) is 0 Å². The molecule has 0 saturated carbocycles. The smallest absolute Gasteiger partial charge is 0.313 e. The fourth-order valence-corrected chi connectivity index (χ4v) is 4.07. The second-order valence-corrected chi connectivity index (χ2v) is 7.47. The van der Waals surface area contributed by atoms with Crippen molar-refractivity contribution in [3.8, 4) is 11.5 Å². The summed E-state index contributed by atoms with van der Waals surface area (Å²) in [5, 5.41) is 10.2. The summed E-state index contributed by atoms with van der Waals surface area (Å²) in [5.41, 5.74) is 1.38. The fourth-order valence-electron chi connectivity index (χ4n) is 4.07. The molecule has 150 valence electrons. The van der Waals surface area contributed by atoms with Gasteiger partial charge in [0, 0.05) is 18.7 Å². The van der Waals surface area contributed by atoms with E-state index in [-0.39, 0.29) is 11.7 Å². The van der Waals surface area contributed by atoms with Gasteiger partial charge in [0.1, 0.15) is 11.5 Å². The van der Waals surface area contributed by atoms with E-state index in [1.165, 1.54) is 0 Å². The minimum absolute atomic E-state index is 0.126. The number of rotatable bonds is 7. The van der Waals surface area contributed by atoms with Crippen molar-refractivity contribution < 1.29 is 19.4 Å². The quantitative estimate of drug-likeness (QED) is 0.737. The van der Waals surface area contributed by atoms with Crippen LogP contribution in [0.1, 0.15) is 30.9 Å². The SMILES string of the molecule is CCOC(=O)C1(Cc2ccccc2)CCCN(Cc2cc(OC)ccc2O)C1. The Balaban J connectivity index is 1.82. The monoisotopic (exact) mass is 383 g/mol. The molecule has 1 atom stereocenters. The van der Waals surface area contributed by atoms with Gasteiger partial charge in [0.15, 0.2) is 0 Å². The molecule has 1 N–H and O–H groups in total. The molecule has 5 nitrogen and oxygen atoms in total. The van der Waals surface area contributed by atoms with Crippen molar-refractivity contribution in [2.75, 3.05) is 26.8 Å². The predicted octanol–water partition coefficient (Wildman–Crippen LogP) is 3.79. The molecule has 1 saturated heterocycles. The molecule has 1 fully saturated rings. The molecule has 1 unspecified atom stereocenters. The number of phenolic OH excluding ortho intramolecular Hbond substituents is 1. The zero-order chi connectivity index (χ0) is 20.0. The minimum Gasteiger partial charge on any atom is -0.508 e. The first kappa shape index (κ1) is 20.2. The molecule has 5 heteroatoms. The normalized spacial score (nSPS) is 19.9. The van der Waals surface area contributed by atoms with Gasteiger partial charge in [-0.25, -0.2) is 0 Å². The molecule has 0 aromatic heterocycles. The molecule has 28 heavy (non-hydrogen) atoms. The highest BCUT2D eigenvalue weighted by Crippen LogP contribution is 2.36. The maximum absolute atomic E-state index is 13.0. The Kier molecular flexibility index (Phi) is 6.57. The van der Waals surface area contributed by atoms with Crippen LogP contribution in [0.15, 0.2) is 48.5 Å². The molecule has 0 bridgehead atoms. The Morgan fingerprint density at radius 3 is 2.71 bits per heavy atom. The Morgan fingerprint density at radius 1 is 1.21 bits per heavy atom. The van der Waals surface area contributed by atoms with Crippen LogP contribution in [0.5, 0.6) is 11.5 Å². The molecule has 1 aliphatic heterocycles. The van der Waals surface area contributed by atoms with Crippen LogP contribution in [-0.2, 0) is 22.5 Å². The summed E-state index contributed by atoms with van der Waals surface area (Å²) in [5.74, 6) is 0.834. The first-order chi connectivity index (χ1) is 13.6. The lowest BCUT2D eigenvalue weighted by Gasteiger charge is -2.41. The van der Waals surface area contributed by atoms with E-state index in [2.05, 4.69) is 17.0 Å². The van der Waals surface area contributed by atoms with E-state index >= 15 is 0 Å². The van der Waals surface area contributed by atoms with Crippen LogP contribution >= 0.6 is 0 Å². The maximum atomic E-state index is 13.0. The lowest BCUT2D eigenvalue weighted by atomic mass is 9.75. The van der Waals surface area contributed by atoms with Crippen LogP contribution < -0.4 is 4.74 Å². The molecule has 3 rings (SSSR count). The van der Waals surface area contributed by atoms with Crippen LogP contribution in [0, 0.1) is 5.41 Å². The van der Waals surface area contributed by atoms with Crippen LogP contribution in [0.4, 0.5) is 0 Å². The third-order valence-electron chi connectivity index (χ3n) is 5.43. The number of nitrogens with zero attached hydrogens (tertiary/aromatic N) is 1. The second-order valence-electron chi connectivity index (χ2n) is 7.47. The lowest BCUT2D eigenvalue weighted by molar-refractivity contribution is -0.159. The van der Waals surface area contributed by atoms with Gasteiger partial charge in [0.05, 0.1) is 19.1 Å². The summed E-state index contributed by atoms with van der Waals surface area (Å²) in [6.07, 6.45) is 2.38. The summed E-state index contributed by atoms with van der Waals surface area (Å²) in [6, 6.07) is 15.4. The molecular weight excluding hydrogens is 354 g/mol. The van der Waals surface area contributed by atoms with Gasteiger partial charge in [-0.3, -0.25) is 9.69 Å². The molecular formula is C23H29NO4. The molecule has 1 aliphatic rings. The number of piperidine rings is 1. The van der Waals surface area contributed by atoms with Crippen LogP contribution in [0.2, 0.25) is 0 Å². The largest absolute Gasteiger partial charge is 0.508 e. The molecule has 2 aromatic rings. The number of phenols is 1. The molecule has 0 amide bonds. The van der Waals surface area contributed by atoms with Gasteiger partial charge in [-0.2, -0.15) is 0 Å². The van der Waals surface area contributed by atoms with Crippen LogP contribution in [0.3, 0.4) is 0 Å². The van der Waals surface area contributed by atoms with Crippen LogP contribution in [-0.4, -0.2) is 42.8 Å². The minimum atomic E-state index is -0.565. The van der Waals surface area contributed by atoms with Gasteiger partial charge in [-0.15, -0.1) is 0 Å². The number of hydrogen-bond acceptors (Lipinski definition) is 5. The van der Waals surface area contributed by atoms with Crippen molar-refractivity contribution in [2.45, 2.75) is 32.7 Å². The first-order valence-corrected chi connectivity index (χ1v) is 9.86. The number of likely N-dealkylation sites (tertiary alicyclic amines) is 1. The van der Waals surface area contributed by atoms with Crippen LogP contribution in [0.25, 0.3) is 0 Å². The average molecular weight is 383 g/mol. The number of hydrogen-bond donors (Lipinski definition) is 1. The third kappa shape index (κ3) is 4.65. The number of benzene rings is 2. The number of aromatic hydroxyl groups is 1. The van der Waals surface area contributed by atoms with E-state index in [1.54, 1.807) is 19.2 Å². The molecule has 2 aromatic carbocycles. The molecule has 0 aliphatic carbocycles. The third-order valence-corrected chi connectivity index (χ3v) is 5.43. The topological polar surface area (TPSA) is 59.0 Å². The van der Waals surface area contributed by atoms with E-state index in [9.17, 15) is 9.90 Å². The number of esters is 1. The molecule has 0 spiro atoms. The number of methoxy groups -OCH3 is 1. The summed E-state index contributed by atoms with van der Waals surface area (Å²) in [6.45, 7) is 4.29. The van der Waals surface area contributed by atoms with Crippen molar-refractivity contribution in [1.82, 2.24) is 4.90 Å². The highest BCUT2D eigenvalue weighted by molar-refractivity contribution is 5.77. The molecule has 1 heterocycles. The van der Waals surface area contributed by atoms with Gasteiger partial charge in [-0.05, 0) is 56.5 Å². The van der Waals surface area contributed by atoms with Crippen molar-refractivity contribution in [1.29, 1.82) is 0 Å². The van der Waals surface area contributed by atoms with E-state index in [0.717, 1.165) is 30.5 Å². The number of carbonyl (C=O) groups is 1. The van der Waals surface area contributed by atoms with Gasteiger partial charge in [-0.1, -0.05) is 30.3 Å². The summed E-state index contributed by atoms with van der Waals surface area (Å²) < 4.78 is 10.8. The van der Waals surface area contributed by atoms with Crippen molar-refractivity contribution in [2.24, 2.45) is 5.41 Å². The summed E-state index contributed by atoms with van der Waals surface area (Å²) in [7, 11) is 1.61. The highest BCUT2D eigenvalue weighted by atomic mass is 16.5. The van der Waals surface area contributed by atoms with E-state index in [0.29, 0.717) is 31.9 Å². The van der Waals surface area contributed by atoms with E-state index in [1.807, 2.05) is 31.2 Å². The zero-order valence-electron chi connectivity index (χ0n) is 16.7. The Hall–Kier alpha value is -2.53. The average Bonchev–Trinajstić information content (AvgIpc) is 2.71. The maximum Gasteiger partial charge on any atom is 0.313 e. The number of carbonyl (C=O) groups excluding carboxylic acids is 1. The van der Waals surface area contributed by atoms with Gasteiger partial charge >= 0.3 is 5.97 Å². The zero-order valence-corrected chi connectivity index (χ0v) is 16.7. The number of ether oxygens (including phenoxy) is 2. The Labute approximate surface area is 166 Å².